The van der Waals surface area contributed by atoms with Crippen LogP contribution in [0.3, 0.4) is 0 Å². The van der Waals surface area contributed by atoms with Gasteiger partial charge in [0.25, 0.3) is 0 Å². The number of esters is 2. The van der Waals surface area contributed by atoms with Crippen LogP contribution in [0, 0.1) is 11.3 Å². The number of nitrogens with zero attached hydrogens (tertiary/aromatic N) is 1. The number of thioether (sulfide) groups is 2. The van der Waals surface area contributed by atoms with Gasteiger partial charge in [0, 0.05) is 6.04 Å². The van der Waals surface area contributed by atoms with E-state index in [1.165, 1.54) is 25.3 Å². The lowest BCUT2D eigenvalue weighted by Gasteiger charge is -2.24. The highest BCUT2D eigenvalue weighted by Gasteiger charge is 2.33. The maximum atomic E-state index is 12.0. The van der Waals surface area contributed by atoms with Gasteiger partial charge in [0.15, 0.2) is 5.57 Å². The molecule has 0 amide bonds. The first-order valence-electron chi connectivity index (χ1n) is 7.87. The highest BCUT2D eigenvalue weighted by molar-refractivity contribution is 8.29. The Morgan fingerprint density at radius 2 is 2.00 bits per heavy atom. The number of hydrogen-bond acceptors (Lipinski definition) is 8. The van der Waals surface area contributed by atoms with Crippen LogP contribution in [0.1, 0.15) is 39.0 Å². The minimum absolute atomic E-state index is 0.0753. The zero-order valence-electron chi connectivity index (χ0n) is 13.7. The van der Waals surface area contributed by atoms with Gasteiger partial charge in [-0.05, 0) is 19.8 Å². The van der Waals surface area contributed by atoms with Crippen LogP contribution < -0.4 is 5.32 Å². The largest absolute Gasteiger partial charge is 0.465 e. The monoisotopic (exact) mass is 368 g/mol. The lowest BCUT2D eigenvalue weighted by molar-refractivity contribution is -0.138. The van der Waals surface area contributed by atoms with Gasteiger partial charge in [-0.1, -0.05) is 42.8 Å². The van der Waals surface area contributed by atoms with Crippen molar-refractivity contribution in [2.24, 2.45) is 0 Å². The molecule has 1 aliphatic heterocycles. The number of carbonyl (C=O) groups excluding carboxylic acids is 2. The topological polar surface area (TPSA) is 88.4 Å². The Bertz CT molecular complexity index is 616. The normalized spacial score (nSPS) is 20.4. The second kappa shape index (κ2) is 9.04. The molecule has 1 saturated carbocycles. The molecular formula is C16H20N2O4S2. The van der Waals surface area contributed by atoms with Crippen molar-refractivity contribution in [3.05, 3.63) is 19.7 Å². The Morgan fingerprint density at radius 1 is 1.29 bits per heavy atom. The molecule has 1 N–H and O–H groups in total. The van der Waals surface area contributed by atoms with Crippen LogP contribution in [-0.4, -0.2) is 31.7 Å². The molecule has 1 fully saturated rings. The van der Waals surface area contributed by atoms with Gasteiger partial charge in [-0.25, -0.2) is 9.59 Å². The maximum Gasteiger partial charge on any atom is 0.350 e. The summed E-state index contributed by atoms with van der Waals surface area (Å²) in [5.41, 5.74) is -0.0753. The molecule has 0 aromatic rings. The van der Waals surface area contributed by atoms with Gasteiger partial charge in [-0.2, -0.15) is 5.26 Å². The molecule has 0 radical (unpaired) electrons. The quantitative estimate of drug-likeness (QED) is 0.450. The Labute approximate surface area is 150 Å². The van der Waals surface area contributed by atoms with Gasteiger partial charge in [-0.15, -0.1) is 0 Å². The van der Waals surface area contributed by atoms with Gasteiger partial charge in [0.05, 0.1) is 23.0 Å². The molecule has 2 rings (SSSR count). The average Bonchev–Trinajstić information content (AvgIpc) is 2.99. The van der Waals surface area contributed by atoms with Crippen molar-refractivity contribution >= 4 is 35.5 Å². The summed E-state index contributed by atoms with van der Waals surface area (Å²) in [7, 11) is 1.32. The molecule has 0 bridgehead atoms. The van der Waals surface area contributed by atoms with E-state index in [9.17, 15) is 14.9 Å². The first kappa shape index (κ1) is 18.7. The van der Waals surface area contributed by atoms with E-state index < -0.39 is 11.9 Å². The molecule has 130 valence electrons. The predicted octanol–water partition coefficient (Wildman–Crippen LogP) is 3.03. The van der Waals surface area contributed by atoms with Crippen molar-refractivity contribution in [1.29, 1.82) is 5.26 Å². The van der Waals surface area contributed by atoms with Crippen LogP contribution in [0.2, 0.25) is 0 Å². The average molecular weight is 368 g/mol. The molecule has 24 heavy (non-hydrogen) atoms. The summed E-state index contributed by atoms with van der Waals surface area (Å²) in [6, 6.07) is 2.19. The molecular weight excluding hydrogens is 348 g/mol. The van der Waals surface area contributed by atoms with E-state index >= 15 is 0 Å². The molecule has 0 atom stereocenters. The molecule has 6 nitrogen and oxygen atoms in total. The van der Waals surface area contributed by atoms with Gasteiger partial charge in [-0.3, -0.25) is 0 Å². The number of methoxy groups -OCH3 is 1. The number of rotatable bonds is 5. The number of ether oxygens (including phenoxy) is 2. The molecule has 1 aliphatic carbocycles. The molecule has 1 heterocycles. The summed E-state index contributed by atoms with van der Waals surface area (Å²) in [5, 5.41) is 13.3. The molecule has 0 aromatic heterocycles. The van der Waals surface area contributed by atoms with Crippen LogP contribution in [-0.2, 0) is 19.1 Å². The lowest BCUT2D eigenvalue weighted by Crippen LogP contribution is -2.30. The summed E-state index contributed by atoms with van der Waals surface area (Å²) >= 11 is 2.32. The van der Waals surface area contributed by atoms with Crippen LogP contribution in [0.25, 0.3) is 0 Å². The summed E-state index contributed by atoms with van der Waals surface area (Å²) in [6.45, 7) is 1.87. The van der Waals surface area contributed by atoms with E-state index in [4.69, 9.17) is 9.47 Å². The van der Waals surface area contributed by atoms with Crippen molar-refractivity contribution < 1.29 is 19.1 Å². The van der Waals surface area contributed by atoms with Crippen molar-refractivity contribution in [3.8, 4) is 6.07 Å². The van der Waals surface area contributed by atoms with E-state index in [1.54, 1.807) is 6.92 Å². The van der Waals surface area contributed by atoms with Gasteiger partial charge in [0.1, 0.15) is 11.0 Å². The van der Waals surface area contributed by atoms with Gasteiger partial charge < -0.3 is 14.8 Å². The van der Waals surface area contributed by atoms with E-state index in [0.29, 0.717) is 20.2 Å². The Kier molecular flexibility index (Phi) is 7.06. The molecule has 8 heteroatoms. The second-order valence-corrected chi connectivity index (χ2v) is 7.63. The molecule has 0 aromatic carbocycles. The van der Waals surface area contributed by atoms with E-state index in [-0.39, 0.29) is 12.2 Å². The Balaban J connectivity index is 2.23. The fourth-order valence-corrected chi connectivity index (χ4v) is 5.00. The number of nitrogens with one attached hydrogen (secondary N) is 1. The maximum absolute atomic E-state index is 12.0. The molecule has 2 aliphatic rings. The minimum Gasteiger partial charge on any atom is -0.465 e. The van der Waals surface area contributed by atoms with Crippen LogP contribution in [0.5, 0.6) is 0 Å². The highest BCUT2D eigenvalue weighted by atomic mass is 32.2. The van der Waals surface area contributed by atoms with E-state index in [1.807, 2.05) is 6.07 Å². The van der Waals surface area contributed by atoms with Crippen LogP contribution >= 0.6 is 23.5 Å². The van der Waals surface area contributed by atoms with E-state index in [2.05, 4.69) is 5.32 Å². The standard InChI is InChI=1S/C16H20N2O4S2/c1-3-22-14(19)11(9-17)16-23-12(15(20)21-2)13(24-16)18-10-7-5-4-6-8-10/h10,18H,3-8H2,1-2H3/b16-11-. The van der Waals surface area contributed by atoms with Gasteiger partial charge in [0.2, 0.25) is 0 Å². The lowest BCUT2D eigenvalue weighted by atomic mass is 9.96. The minimum atomic E-state index is -0.668. The smallest absolute Gasteiger partial charge is 0.350 e. The summed E-state index contributed by atoms with van der Waals surface area (Å²) in [6.07, 6.45) is 5.64. The fourth-order valence-electron chi connectivity index (χ4n) is 2.53. The number of hydrogen-bond donors (Lipinski definition) is 1. The SMILES string of the molecule is CCOC(=O)/C(C#N)=C1\SC(NC2CCCCC2)=C(C(=O)OC)S1. The van der Waals surface area contributed by atoms with Crippen molar-refractivity contribution in [1.82, 2.24) is 5.32 Å². The van der Waals surface area contributed by atoms with Gasteiger partial charge >= 0.3 is 11.9 Å². The highest BCUT2D eigenvalue weighted by Crippen LogP contribution is 2.50. The van der Waals surface area contributed by atoms with Crippen LogP contribution in [0.4, 0.5) is 0 Å². The first-order valence-corrected chi connectivity index (χ1v) is 9.50. The first-order chi connectivity index (χ1) is 11.6. The second-order valence-electron chi connectivity index (χ2n) is 5.33. The third-order valence-corrected chi connectivity index (χ3v) is 6.21. The zero-order chi connectivity index (χ0) is 17.5. The summed E-state index contributed by atoms with van der Waals surface area (Å²) in [4.78, 5) is 24.4. The number of nitriles is 1. The third kappa shape index (κ3) is 4.48. The predicted molar refractivity (Wildman–Crippen MR) is 93.5 cm³/mol. The van der Waals surface area contributed by atoms with Crippen molar-refractivity contribution in [3.63, 3.8) is 0 Å². The fraction of sp³-hybridized carbons (Fsp3) is 0.562. The summed E-state index contributed by atoms with van der Waals surface area (Å²) < 4.78 is 10.2. The third-order valence-electron chi connectivity index (χ3n) is 3.70. The van der Waals surface area contributed by atoms with Crippen molar-refractivity contribution in [2.45, 2.75) is 45.1 Å². The number of carbonyl (C=O) groups is 2. The Hall–Kier alpha value is -1.59. The molecule has 0 spiro atoms. The Morgan fingerprint density at radius 3 is 2.58 bits per heavy atom. The molecule has 0 saturated heterocycles. The summed E-state index contributed by atoms with van der Waals surface area (Å²) in [5.74, 6) is -1.14. The van der Waals surface area contributed by atoms with Crippen molar-refractivity contribution in [2.75, 3.05) is 13.7 Å². The molecule has 0 unspecified atom stereocenters. The van der Waals surface area contributed by atoms with Crippen LogP contribution in [0.15, 0.2) is 19.7 Å². The van der Waals surface area contributed by atoms with E-state index in [0.717, 1.165) is 37.4 Å². The zero-order valence-corrected chi connectivity index (χ0v) is 15.3.